The van der Waals surface area contributed by atoms with E-state index in [2.05, 4.69) is 5.32 Å². The number of amides is 1. The molecule has 4 aromatic rings. The first kappa shape index (κ1) is 16.8. The molecule has 0 aliphatic heterocycles. The topological polar surface area (TPSA) is 38.3 Å². The number of carbonyl (C=O) groups is 1. The van der Waals surface area contributed by atoms with Crippen LogP contribution < -0.4 is 10.1 Å². The quantitative estimate of drug-likeness (QED) is 0.485. The predicted molar refractivity (Wildman–Crippen MR) is 105 cm³/mol. The number of hydrogen-bond acceptors (Lipinski definition) is 2. The second-order valence-corrected chi connectivity index (χ2v) is 6.04. The van der Waals surface area contributed by atoms with Crippen LogP contribution in [-0.4, -0.2) is 5.91 Å². The lowest BCUT2D eigenvalue weighted by Crippen LogP contribution is -2.13. The Morgan fingerprint density at radius 3 is 2.30 bits per heavy atom. The van der Waals surface area contributed by atoms with Crippen LogP contribution >= 0.6 is 0 Å². The molecular weight excluding hydrogens is 341 g/mol. The number of ether oxygens (including phenoxy) is 1. The summed E-state index contributed by atoms with van der Waals surface area (Å²) in [5.41, 5.74) is 0.571. The van der Waals surface area contributed by atoms with Gasteiger partial charge in [0.05, 0.1) is 5.56 Å². The van der Waals surface area contributed by atoms with Gasteiger partial charge in [-0.2, -0.15) is 0 Å². The van der Waals surface area contributed by atoms with Crippen LogP contribution in [0.5, 0.6) is 11.5 Å². The van der Waals surface area contributed by atoms with E-state index in [0.717, 1.165) is 16.5 Å². The maximum Gasteiger partial charge on any atom is 0.258 e. The normalized spacial score (nSPS) is 10.6. The van der Waals surface area contributed by atoms with Gasteiger partial charge in [0.25, 0.3) is 5.91 Å². The highest BCUT2D eigenvalue weighted by atomic mass is 19.1. The summed E-state index contributed by atoms with van der Waals surface area (Å²) in [6.07, 6.45) is 0. The highest BCUT2D eigenvalue weighted by Crippen LogP contribution is 2.30. The Kier molecular flexibility index (Phi) is 4.54. The molecule has 132 valence electrons. The first-order valence-corrected chi connectivity index (χ1v) is 8.52. The third kappa shape index (κ3) is 3.65. The molecule has 0 spiro atoms. The Hall–Kier alpha value is -3.66. The van der Waals surface area contributed by atoms with Crippen molar-refractivity contribution in [1.29, 1.82) is 0 Å². The Morgan fingerprint density at radius 1 is 0.778 bits per heavy atom. The first-order chi connectivity index (χ1) is 13.2. The van der Waals surface area contributed by atoms with Gasteiger partial charge >= 0.3 is 0 Å². The molecule has 0 fully saturated rings. The van der Waals surface area contributed by atoms with E-state index in [0.29, 0.717) is 11.4 Å². The van der Waals surface area contributed by atoms with Gasteiger partial charge in [0, 0.05) is 11.1 Å². The summed E-state index contributed by atoms with van der Waals surface area (Å²) in [4.78, 5) is 12.2. The molecule has 1 N–H and O–H groups in total. The molecule has 0 radical (unpaired) electrons. The average molecular weight is 357 g/mol. The van der Waals surface area contributed by atoms with Crippen molar-refractivity contribution in [3.63, 3.8) is 0 Å². The van der Waals surface area contributed by atoms with Crippen LogP contribution in [0.2, 0.25) is 0 Å². The minimum atomic E-state index is -0.550. The van der Waals surface area contributed by atoms with Crippen LogP contribution in [0.15, 0.2) is 91.0 Å². The van der Waals surface area contributed by atoms with Gasteiger partial charge in [0.1, 0.15) is 17.3 Å². The van der Waals surface area contributed by atoms with Crippen molar-refractivity contribution in [2.75, 3.05) is 5.32 Å². The van der Waals surface area contributed by atoms with E-state index in [9.17, 15) is 9.18 Å². The molecule has 0 bridgehead atoms. The minimum absolute atomic E-state index is 0.00795. The zero-order valence-corrected chi connectivity index (χ0v) is 14.4. The van der Waals surface area contributed by atoms with Crippen molar-refractivity contribution in [3.05, 3.63) is 102 Å². The summed E-state index contributed by atoms with van der Waals surface area (Å²) >= 11 is 0. The van der Waals surface area contributed by atoms with Crippen molar-refractivity contribution in [3.8, 4) is 11.5 Å². The zero-order chi connectivity index (χ0) is 18.6. The lowest BCUT2D eigenvalue weighted by molar-refractivity contribution is 0.102. The summed E-state index contributed by atoms with van der Waals surface area (Å²) < 4.78 is 19.7. The van der Waals surface area contributed by atoms with Crippen molar-refractivity contribution in [1.82, 2.24) is 0 Å². The number of hydrogen-bond donors (Lipinski definition) is 1. The number of halogens is 1. The number of carbonyl (C=O) groups excluding carboxylic acids is 1. The van der Waals surface area contributed by atoms with E-state index in [1.165, 1.54) is 12.1 Å². The smallest absolute Gasteiger partial charge is 0.258 e. The van der Waals surface area contributed by atoms with E-state index in [4.69, 9.17) is 4.74 Å². The molecule has 0 saturated carbocycles. The summed E-state index contributed by atoms with van der Waals surface area (Å²) in [6.45, 7) is 0. The SMILES string of the molecule is O=C(Nc1ccc(Oc2cccc3ccccc23)cc1)c1ccccc1F. The van der Waals surface area contributed by atoms with Crippen molar-refractivity contribution in [2.24, 2.45) is 0 Å². The van der Waals surface area contributed by atoms with Crippen LogP contribution in [0.4, 0.5) is 10.1 Å². The van der Waals surface area contributed by atoms with E-state index < -0.39 is 11.7 Å². The first-order valence-electron chi connectivity index (χ1n) is 8.52. The highest BCUT2D eigenvalue weighted by Gasteiger charge is 2.11. The maximum atomic E-state index is 13.7. The molecule has 0 aliphatic carbocycles. The Morgan fingerprint density at radius 2 is 1.48 bits per heavy atom. The molecule has 0 saturated heterocycles. The summed E-state index contributed by atoms with van der Waals surface area (Å²) in [6, 6.07) is 26.7. The molecule has 0 atom stereocenters. The van der Waals surface area contributed by atoms with Crippen molar-refractivity contribution < 1.29 is 13.9 Å². The molecule has 4 heteroatoms. The molecule has 4 aromatic carbocycles. The molecular formula is C23H16FNO2. The van der Waals surface area contributed by atoms with Gasteiger partial charge in [0.15, 0.2) is 0 Å². The second kappa shape index (κ2) is 7.30. The fraction of sp³-hybridized carbons (Fsp3) is 0. The standard InChI is InChI=1S/C23H16FNO2/c24-21-10-4-3-9-20(21)23(26)25-17-12-14-18(15-13-17)27-22-11-5-7-16-6-1-2-8-19(16)22/h1-15H,(H,25,26). The number of fused-ring (bicyclic) bond motifs is 1. The fourth-order valence-corrected chi connectivity index (χ4v) is 2.86. The van der Waals surface area contributed by atoms with Crippen LogP contribution in [-0.2, 0) is 0 Å². The Balaban J connectivity index is 1.51. The van der Waals surface area contributed by atoms with E-state index in [-0.39, 0.29) is 5.56 Å². The third-order valence-corrected chi connectivity index (χ3v) is 4.21. The van der Waals surface area contributed by atoms with Gasteiger partial charge < -0.3 is 10.1 Å². The summed E-state index contributed by atoms with van der Waals surface area (Å²) in [5.74, 6) is 0.369. The van der Waals surface area contributed by atoms with E-state index in [1.54, 1.807) is 36.4 Å². The van der Waals surface area contributed by atoms with Crippen LogP contribution in [0, 0.1) is 5.82 Å². The molecule has 0 aromatic heterocycles. The highest BCUT2D eigenvalue weighted by molar-refractivity contribution is 6.04. The van der Waals surface area contributed by atoms with Gasteiger partial charge in [-0.3, -0.25) is 4.79 Å². The minimum Gasteiger partial charge on any atom is -0.457 e. The molecule has 0 unspecified atom stereocenters. The maximum absolute atomic E-state index is 13.7. The lowest BCUT2D eigenvalue weighted by Gasteiger charge is -2.10. The van der Waals surface area contributed by atoms with Crippen LogP contribution in [0.1, 0.15) is 10.4 Å². The zero-order valence-electron chi connectivity index (χ0n) is 14.4. The van der Waals surface area contributed by atoms with Gasteiger partial charge in [0.2, 0.25) is 0 Å². The molecule has 3 nitrogen and oxygen atoms in total. The number of nitrogens with one attached hydrogen (secondary N) is 1. The predicted octanol–water partition coefficient (Wildman–Crippen LogP) is 6.02. The lowest BCUT2D eigenvalue weighted by atomic mass is 10.1. The molecule has 0 aliphatic rings. The van der Waals surface area contributed by atoms with Gasteiger partial charge in [-0.15, -0.1) is 0 Å². The van der Waals surface area contributed by atoms with Gasteiger partial charge in [-0.05, 0) is 47.9 Å². The number of rotatable bonds is 4. The monoisotopic (exact) mass is 357 g/mol. The Bertz CT molecular complexity index is 1100. The van der Waals surface area contributed by atoms with E-state index >= 15 is 0 Å². The number of benzene rings is 4. The molecule has 0 heterocycles. The largest absolute Gasteiger partial charge is 0.457 e. The molecule has 1 amide bonds. The van der Waals surface area contributed by atoms with Crippen LogP contribution in [0.3, 0.4) is 0 Å². The summed E-state index contributed by atoms with van der Waals surface area (Å²) in [7, 11) is 0. The average Bonchev–Trinajstić information content (AvgIpc) is 2.70. The van der Waals surface area contributed by atoms with Gasteiger partial charge in [-0.25, -0.2) is 4.39 Å². The van der Waals surface area contributed by atoms with E-state index in [1.807, 2.05) is 42.5 Å². The molecule has 4 rings (SSSR count). The third-order valence-electron chi connectivity index (χ3n) is 4.21. The molecule has 27 heavy (non-hydrogen) atoms. The van der Waals surface area contributed by atoms with Crippen LogP contribution in [0.25, 0.3) is 10.8 Å². The fourth-order valence-electron chi connectivity index (χ4n) is 2.86. The second-order valence-electron chi connectivity index (χ2n) is 6.04. The summed E-state index contributed by atoms with van der Waals surface area (Å²) in [5, 5.41) is 4.81. The number of anilines is 1. The van der Waals surface area contributed by atoms with Gasteiger partial charge in [-0.1, -0.05) is 48.5 Å². The Labute approximate surface area is 156 Å². The van der Waals surface area contributed by atoms with Crippen molar-refractivity contribution in [2.45, 2.75) is 0 Å². The van der Waals surface area contributed by atoms with Crippen molar-refractivity contribution >= 4 is 22.4 Å².